The average molecular weight is 390 g/mol. The molecule has 0 saturated heterocycles. The van der Waals surface area contributed by atoms with E-state index in [0.717, 1.165) is 26.7 Å². The molecule has 1 heterocycles. The fourth-order valence-electron chi connectivity index (χ4n) is 1.59. The van der Waals surface area contributed by atoms with Gasteiger partial charge in [-0.1, -0.05) is 31.9 Å². The molecule has 102 valence electrons. The quantitative estimate of drug-likeness (QED) is 0.766. The van der Waals surface area contributed by atoms with Gasteiger partial charge in [0.05, 0.1) is 12.3 Å². The normalized spacial score (nSPS) is 10.9. The van der Waals surface area contributed by atoms with Gasteiger partial charge in [-0.3, -0.25) is 0 Å². The first-order chi connectivity index (χ1) is 9.19. The Labute approximate surface area is 128 Å². The number of hydrogen-bond donors (Lipinski definition) is 1. The number of halogens is 2. The Balaban J connectivity index is 2.03. The van der Waals surface area contributed by atoms with Crippen molar-refractivity contribution in [1.29, 1.82) is 0 Å². The van der Waals surface area contributed by atoms with E-state index in [1.807, 2.05) is 18.2 Å². The van der Waals surface area contributed by atoms with Gasteiger partial charge in [0.1, 0.15) is 6.26 Å². The van der Waals surface area contributed by atoms with E-state index >= 15 is 0 Å². The highest BCUT2D eigenvalue weighted by Gasteiger charge is 2.08. The number of nitrogens with zero attached hydrogens (tertiary/aromatic N) is 1. The molecule has 2 aromatic rings. The van der Waals surface area contributed by atoms with E-state index in [-0.39, 0.29) is 0 Å². The Kier molecular flexibility index (Phi) is 5.57. The van der Waals surface area contributed by atoms with Gasteiger partial charge in [0.15, 0.2) is 0 Å². The Hall–Kier alpha value is -0.690. The van der Waals surface area contributed by atoms with Gasteiger partial charge in [0, 0.05) is 34.7 Å². The maximum absolute atomic E-state index is 5.49. The molecule has 6 heteroatoms. The maximum atomic E-state index is 5.49. The standard InChI is InChI=1S/C13H14Br2N2O2/c1-18-3-2-16-7-12-8-19-13(17-12)9-4-10(14)6-11(15)5-9/h4-6,8,16H,2-3,7H2,1H3. The fraction of sp³-hybridized carbons (Fsp3) is 0.308. The highest BCUT2D eigenvalue weighted by atomic mass is 79.9. The molecule has 0 bridgehead atoms. The Bertz CT molecular complexity index is 523. The average Bonchev–Trinajstić information content (AvgIpc) is 2.82. The lowest BCUT2D eigenvalue weighted by Gasteiger charge is -2.00. The summed E-state index contributed by atoms with van der Waals surface area (Å²) in [5.74, 6) is 0.616. The molecule has 0 unspecified atom stereocenters. The molecule has 1 aromatic heterocycles. The minimum absolute atomic E-state index is 0.616. The van der Waals surface area contributed by atoms with Crippen molar-refractivity contribution in [1.82, 2.24) is 10.3 Å². The zero-order valence-electron chi connectivity index (χ0n) is 10.5. The molecule has 0 spiro atoms. The number of hydrogen-bond acceptors (Lipinski definition) is 4. The van der Waals surface area contributed by atoms with Crippen molar-refractivity contribution in [3.63, 3.8) is 0 Å². The number of nitrogens with one attached hydrogen (secondary N) is 1. The highest BCUT2D eigenvalue weighted by molar-refractivity contribution is 9.11. The molecule has 4 nitrogen and oxygen atoms in total. The molecule has 1 N–H and O–H groups in total. The second kappa shape index (κ2) is 7.19. The second-order valence-electron chi connectivity index (χ2n) is 3.97. The third-order valence-corrected chi connectivity index (χ3v) is 3.37. The minimum Gasteiger partial charge on any atom is -0.444 e. The van der Waals surface area contributed by atoms with Gasteiger partial charge in [-0.05, 0) is 18.2 Å². The fourth-order valence-corrected chi connectivity index (χ4v) is 2.88. The minimum atomic E-state index is 0.616. The predicted molar refractivity (Wildman–Crippen MR) is 80.9 cm³/mol. The van der Waals surface area contributed by atoms with Gasteiger partial charge < -0.3 is 14.5 Å². The van der Waals surface area contributed by atoms with Crippen LogP contribution in [-0.2, 0) is 11.3 Å². The van der Waals surface area contributed by atoms with Gasteiger partial charge in [0.25, 0.3) is 0 Å². The highest BCUT2D eigenvalue weighted by Crippen LogP contribution is 2.27. The van der Waals surface area contributed by atoms with Crippen LogP contribution in [0.4, 0.5) is 0 Å². The first-order valence-electron chi connectivity index (χ1n) is 5.79. The first-order valence-corrected chi connectivity index (χ1v) is 7.38. The molecule has 0 atom stereocenters. The van der Waals surface area contributed by atoms with E-state index in [4.69, 9.17) is 9.15 Å². The van der Waals surface area contributed by atoms with Crippen LogP contribution >= 0.6 is 31.9 Å². The van der Waals surface area contributed by atoms with Crippen molar-refractivity contribution in [2.24, 2.45) is 0 Å². The van der Waals surface area contributed by atoms with E-state index in [1.54, 1.807) is 13.4 Å². The van der Waals surface area contributed by atoms with Crippen molar-refractivity contribution < 1.29 is 9.15 Å². The largest absolute Gasteiger partial charge is 0.444 e. The summed E-state index contributed by atoms with van der Waals surface area (Å²) in [6.07, 6.45) is 1.67. The van der Waals surface area contributed by atoms with Gasteiger partial charge in [-0.2, -0.15) is 0 Å². The Morgan fingerprint density at radius 3 is 2.68 bits per heavy atom. The number of oxazole rings is 1. The number of aromatic nitrogens is 1. The summed E-state index contributed by atoms with van der Waals surface area (Å²) in [4.78, 5) is 4.45. The van der Waals surface area contributed by atoms with Gasteiger partial charge in [-0.25, -0.2) is 4.98 Å². The van der Waals surface area contributed by atoms with Crippen molar-refractivity contribution >= 4 is 31.9 Å². The molecular formula is C13H14Br2N2O2. The zero-order valence-corrected chi connectivity index (χ0v) is 13.6. The Morgan fingerprint density at radius 1 is 1.26 bits per heavy atom. The van der Waals surface area contributed by atoms with Crippen molar-refractivity contribution in [2.45, 2.75) is 6.54 Å². The van der Waals surface area contributed by atoms with E-state index in [2.05, 4.69) is 42.2 Å². The summed E-state index contributed by atoms with van der Waals surface area (Å²) in [5, 5.41) is 3.22. The van der Waals surface area contributed by atoms with E-state index < -0.39 is 0 Å². The Morgan fingerprint density at radius 2 is 2.00 bits per heavy atom. The van der Waals surface area contributed by atoms with Gasteiger partial charge in [0.2, 0.25) is 5.89 Å². The van der Waals surface area contributed by atoms with Crippen LogP contribution in [0.5, 0.6) is 0 Å². The molecule has 0 saturated carbocycles. The van der Waals surface area contributed by atoms with Crippen LogP contribution in [0.1, 0.15) is 5.69 Å². The van der Waals surface area contributed by atoms with Crippen molar-refractivity contribution in [3.8, 4) is 11.5 Å². The second-order valence-corrected chi connectivity index (χ2v) is 5.80. The lowest BCUT2D eigenvalue weighted by molar-refractivity contribution is 0.199. The van der Waals surface area contributed by atoms with Crippen LogP contribution in [0, 0.1) is 0 Å². The van der Waals surface area contributed by atoms with Gasteiger partial charge in [-0.15, -0.1) is 0 Å². The number of rotatable bonds is 6. The molecule has 0 amide bonds. The van der Waals surface area contributed by atoms with Crippen molar-refractivity contribution in [2.75, 3.05) is 20.3 Å². The maximum Gasteiger partial charge on any atom is 0.226 e. The molecular weight excluding hydrogens is 376 g/mol. The molecule has 0 aliphatic heterocycles. The molecule has 0 aliphatic carbocycles. The number of methoxy groups -OCH3 is 1. The third kappa shape index (κ3) is 4.42. The topological polar surface area (TPSA) is 47.3 Å². The molecule has 2 rings (SSSR count). The van der Waals surface area contributed by atoms with E-state index in [9.17, 15) is 0 Å². The summed E-state index contributed by atoms with van der Waals surface area (Å²) >= 11 is 6.90. The summed E-state index contributed by atoms with van der Waals surface area (Å²) in [6, 6.07) is 5.91. The lowest BCUT2D eigenvalue weighted by atomic mass is 10.2. The van der Waals surface area contributed by atoms with Crippen LogP contribution in [-0.4, -0.2) is 25.2 Å². The van der Waals surface area contributed by atoms with Crippen LogP contribution in [0.25, 0.3) is 11.5 Å². The van der Waals surface area contributed by atoms with E-state index in [1.165, 1.54) is 0 Å². The van der Waals surface area contributed by atoms with Crippen LogP contribution < -0.4 is 5.32 Å². The third-order valence-electron chi connectivity index (χ3n) is 2.45. The lowest BCUT2D eigenvalue weighted by Crippen LogP contribution is -2.18. The summed E-state index contributed by atoms with van der Waals surface area (Å²) in [6.45, 7) is 2.15. The smallest absolute Gasteiger partial charge is 0.226 e. The summed E-state index contributed by atoms with van der Waals surface area (Å²) in [5.41, 5.74) is 1.81. The van der Waals surface area contributed by atoms with E-state index in [0.29, 0.717) is 19.0 Å². The zero-order chi connectivity index (χ0) is 13.7. The molecule has 0 fully saturated rings. The molecule has 1 aromatic carbocycles. The van der Waals surface area contributed by atoms with Crippen LogP contribution in [0.3, 0.4) is 0 Å². The van der Waals surface area contributed by atoms with Gasteiger partial charge >= 0.3 is 0 Å². The summed E-state index contributed by atoms with van der Waals surface area (Å²) < 4.78 is 12.4. The van der Waals surface area contributed by atoms with Crippen LogP contribution in [0.15, 0.2) is 37.8 Å². The molecule has 19 heavy (non-hydrogen) atoms. The SMILES string of the molecule is COCCNCc1coc(-c2cc(Br)cc(Br)c2)n1. The molecule has 0 aliphatic rings. The molecule has 0 radical (unpaired) electrons. The predicted octanol–water partition coefficient (Wildman–Crippen LogP) is 3.60. The number of ether oxygens (including phenoxy) is 1. The number of benzene rings is 1. The monoisotopic (exact) mass is 388 g/mol. The summed E-state index contributed by atoms with van der Waals surface area (Å²) in [7, 11) is 1.68. The first kappa shape index (κ1) is 14.7. The van der Waals surface area contributed by atoms with Crippen molar-refractivity contribution in [3.05, 3.63) is 39.1 Å². The van der Waals surface area contributed by atoms with Crippen LogP contribution in [0.2, 0.25) is 0 Å².